The summed E-state index contributed by atoms with van der Waals surface area (Å²) in [5.41, 5.74) is 2.28. The Morgan fingerprint density at radius 1 is 1.28 bits per heavy atom. The molecular weight excluding hydrogens is 230 g/mol. The highest BCUT2D eigenvalue weighted by Crippen LogP contribution is 2.22. The van der Waals surface area contributed by atoms with Crippen molar-refractivity contribution in [2.75, 3.05) is 0 Å². The maximum Gasteiger partial charge on any atom is 0.320 e. The molecule has 18 heavy (non-hydrogen) atoms. The van der Waals surface area contributed by atoms with E-state index in [1.165, 1.54) is 12.3 Å². The van der Waals surface area contributed by atoms with Crippen LogP contribution >= 0.6 is 0 Å². The molecule has 0 saturated heterocycles. The molecule has 1 aliphatic rings. The molecule has 0 fully saturated rings. The van der Waals surface area contributed by atoms with E-state index in [1.807, 2.05) is 6.07 Å². The lowest BCUT2D eigenvalue weighted by molar-refractivity contribution is -0.608. The fraction of sp³-hybridized carbons (Fsp3) is 0.154. The van der Waals surface area contributed by atoms with Gasteiger partial charge in [-0.15, -0.1) is 0 Å². The van der Waals surface area contributed by atoms with Crippen LogP contribution in [0.25, 0.3) is 0 Å². The Bertz CT molecular complexity index is 588. The summed E-state index contributed by atoms with van der Waals surface area (Å²) in [6.07, 6.45) is 4.81. The van der Waals surface area contributed by atoms with Crippen molar-refractivity contribution in [3.63, 3.8) is 0 Å². The van der Waals surface area contributed by atoms with Crippen LogP contribution in [0.2, 0.25) is 0 Å². The number of nitrogens with zero attached hydrogens (tertiary/aromatic N) is 3. The zero-order valence-corrected chi connectivity index (χ0v) is 9.61. The van der Waals surface area contributed by atoms with Crippen molar-refractivity contribution in [3.8, 4) is 0 Å². The highest BCUT2D eigenvalue weighted by molar-refractivity contribution is 5.91. The van der Waals surface area contributed by atoms with Gasteiger partial charge in [-0.25, -0.2) is 0 Å². The normalized spacial score (nSPS) is 13.4. The van der Waals surface area contributed by atoms with Crippen molar-refractivity contribution in [2.45, 2.75) is 13.1 Å². The molecular formula is C13H11N3O2. The fourth-order valence-corrected chi connectivity index (χ4v) is 2.12. The van der Waals surface area contributed by atoms with Gasteiger partial charge in [-0.1, -0.05) is 0 Å². The number of aromatic nitrogens is 2. The van der Waals surface area contributed by atoms with Gasteiger partial charge in [0.25, 0.3) is 5.69 Å². The maximum absolute atomic E-state index is 12.2. The van der Waals surface area contributed by atoms with Crippen molar-refractivity contribution in [1.82, 2.24) is 9.88 Å². The van der Waals surface area contributed by atoms with E-state index >= 15 is 0 Å². The van der Waals surface area contributed by atoms with Crippen LogP contribution in [0.15, 0.2) is 42.9 Å². The van der Waals surface area contributed by atoms with Crippen molar-refractivity contribution < 1.29 is 9.52 Å². The van der Waals surface area contributed by atoms with Gasteiger partial charge in [0.05, 0.1) is 0 Å². The molecule has 0 atom stereocenters. The smallest absolute Gasteiger partial charge is 0.320 e. The molecule has 5 nitrogen and oxygen atoms in total. The molecule has 0 N–H and O–H groups in total. The van der Waals surface area contributed by atoms with Gasteiger partial charge >= 0.3 is 5.91 Å². The lowest BCUT2D eigenvalue weighted by Crippen LogP contribution is -2.39. The Morgan fingerprint density at radius 3 is 2.89 bits per heavy atom. The van der Waals surface area contributed by atoms with Gasteiger partial charge in [-0.05, 0) is 23.3 Å². The van der Waals surface area contributed by atoms with Crippen LogP contribution in [0.3, 0.4) is 0 Å². The van der Waals surface area contributed by atoms with Crippen molar-refractivity contribution in [1.29, 1.82) is 0 Å². The minimum absolute atomic E-state index is 0.151. The Labute approximate surface area is 104 Å². The summed E-state index contributed by atoms with van der Waals surface area (Å²) in [6.45, 7) is 1.04. The van der Waals surface area contributed by atoms with Crippen LogP contribution in [0.5, 0.6) is 0 Å². The molecule has 3 rings (SSSR count). The molecule has 5 heteroatoms. The first kappa shape index (κ1) is 10.7. The molecule has 0 aliphatic carbocycles. The molecule has 0 aromatic carbocycles. The number of fused-ring (bicyclic) bond motifs is 1. The minimum Gasteiger partial charge on any atom is -0.618 e. The molecule has 2 aromatic heterocycles. The first-order valence-electron chi connectivity index (χ1n) is 5.65. The quantitative estimate of drug-likeness (QED) is 0.550. The fourth-order valence-electron chi connectivity index (χ4n) is 2.12. The number of hydrogen-bond acceptors (Lipinski definition) is 3. The van der Waals surface area contributed by atoms with Crippen LogP contribution in [0.1, 0.15) is 21.6 Å². The third-order valence-electron chi connectivity index (χ3n) is 3.06. The monoisotopic (exact) mass is 241 g/mol. The summed E-state index contributed by atoms with van der Waals surface area (Å²) < 4.78 is 0.601. The van der Waals surface area contributed by atoms with E-state index in [0.717, 1.165) is 11.1 Å². The average molecular weight is 241 g/mol. The van der Waals surface area contributed by atoms with Crippen LogP contribution in [0.4, 0.5) is 0 Å². The maximum atomic E-state index is 12.2. The van der Waals surface area contributed by atoms with E-state index in [4.69, 9.17) is 0 Å². The first-order chi connectivity index (χ1) is 8.75. The summed E-state index contributed by atoms with van der Waals surface area (Å²) in [6, 6.07) is 6.73. The lowest BCUT2D eigenvalue weighted by atomic mass is 10.2. The van der Waals surface area contributed by atoms with Gasteiger partial charge in [-0.3, -0.25) is 9.78 Å². The standard InChI is InChI=1S/C13H11N3O2/c17-13(12-3-1-2-6-16(12)18)15-8-10-4-5-14-7-11(10)9-15/h1-7H,8-9H2. The molecule has 0 saturated carbocycles. The molecule has 0 spiro atoms. The number of pyridine rings is 2. The number of hydrogen-bond donors (Lipinski definition) is 0. The minimum atomic E-state index is -0.248. The summed E-state index contributed by atoms with van der Waals surface area (Å²) in [4.78, 5) is 17.9. The van der Waals surface area contributed by atoms with E-state index in [2.05, 4.69) is 4.98 Å². The zero-order chi connectivity index (χ0) is 12.5. The van der Waals surface area contributed by atoms with Gasteiger partial charge in [0, 0.05) is 37.6 Å². The number of amides is 1. The van der Waals surface area contributed by atoms with Gasteiger partial charge in [0.15, 0.2) is 6.20 Å². The summed E-state index contributed by atoms with van der Waals surface area (Å²) in [5, 5.41) is 11.5. The van der Waals surface area contributed by atoms with Gasteiger partial charge < -0.3 is 10.1 Å². The average Bonchev–Trinajstić information content (AvgIpc) is 2.82. The Morgan fingerprint density at radius 2 is 2.11 bits per heavy atom. The molecule has 0 unspecified atom stereocenters. The topological polar surface area (TPSA) is 60.1 Å². The summed E-state index contributed by atoms with van der Waals surface area (Å²) in [7, 11) is 0. The third kappa shape index (κ3) is 1.69. The predicted octanol–water partition coefficient (Wildman–Crippen LogP) is 0.871. The van der Waals surface area contributed by atoms with Crippen molar-refractivity contribution in [2.24, 2.45) is 0 Å². The summed E-state index contributed by atoms with van der Waals surface area (Å²) in [5.74, 6) is -0.248. The van der Waals surface area contributed by atoms with Crippen LogP contribution < -0.4 is 4.73 Å². The first-order valence-corrected chi connectivity index (χ1v) is 5.65. The highest BCUT2D eigenvalue weighted by Gasteiger charge is 2.28. The second-order valence-electron chi connectivity index (χ2n) is 4.22. The molecule has 1 aliphatic heterocycles. The SMILES string of the molecule is O=C(c1cccc[n+]1[O-])N1Cc2ccncc2C1. The second kappa shape index (κ2) is 4.10. The number of carbonyl (C=O) groups is 1. The van der Waals surface area contributed by atoms with Gasteiger partial charge in [0.1, 0.15) is 0 Å². The second-order valence-corrected chi connectivity index (χ2v) is 4.22. The van der Waals surface area contributed by atoms with E-state index in [0.29, 0.717) is 17.8 Å². The Balaban J connectivity index is 1.87. The Kier molecular flexibility index (Phi) is 2.44. The molecule has 1 amide bonds. The van der Waals surface area contributed by atoms with E-state index in [1.54, 1.807) is 29.4 Å². The number of carbonyl (C=O) groups excluding carboxylic acids is 1. The van der Waals surface area contributed by atoms with Crippen molar-refractivity contribution >= 4 is 5.91 Å². The van der Waals surface area contributed by atoms with Crippen LogP contribution in [-0.2, 0) is 13.1 Å². The van der Waals surface area contributed by atoms with Crippen LogP contribution in [-0.4, -0.2) is 15.8 Å². The third-order valence-corrected chi connectivity index (χ3v) is 3.06. The van der Waals surface area contributed by atoms with E-state index in [9.17, 15) is 10.0 Å². The predicted molar refractivity (Wildman–Crippen MR) is 63.2 cm³/mol. The van der Waals surface area contributed by atoms with Gasteiger partial charge in [0.2, 0.25) is 0 Å². The molecule has 90 valence electrons. The molecule has 2 aromatic rings. The largest absolute Gasteiger partial charge is 0.618 e. The van der Waals surface area contributed by atoms with E-state index < -0.39 is 0 Å². The zero-order valence-electron chi connectivity index (χ0n) is 9.61. The molecule has 3 heterocycles. The summed E-state index contributed by atoms with van der Waals surface area (Å²) >= 11 is 0. The van der Waals surface area contributed by atoms with Gasteiger partial charge in [-0.2, -0.15) is 4.73 Å². The highest BCUT2D eigenvalue weighted by atomic mass is 16.5. The van der Waals surface area contributed by atoms with Crippen LogP contribution in [0, 0.1) is 5.21 Å². The number of rotatable bonds is 1. The molecule has 0 radical (unpaired) electrons. The van der Waals surface area contributed by atoms with E-state index in [-0.39, 0.29) is 11.6 Å². The lowest BCUT2D eigenvalue weighted by Gasteiger charge is -2.14. The Hall–Kier alpha value is -2.43. The van der Waals surface area contributed by atoms with Crippen molar-refractivity contribution in [3.05, 3.63) is 64.9 Å². The molecule has 0 bridgehead atoms.